The van der Waals surface area contributed by atoms with Crippen LogP contribution in [0.5, 0.6) is 0 Å². The van der Waals surface area contributed by atoms with Crippen LogP contribution in [0.25, 0.3) is 0 Å². The molecule has 1 amide bonds. The molecule has 0 bridgehead atoms. The predicted molar refractivity (Wildman–Crippen MR) is 87.2 cm³/mol. The maximum atomic E-state index is 13.1. The molecule has 1 atom stereocenters. The van der Waals surface area contributed by atoms with Crippen molar-refractivity contribution in [2.75, 3.05) is 6.54 Å². The molecule has 2 aromatic carbocycles. The van der Waals surface area contributed by atoms with Crippen LogP contribution in [0.3, 0.4) is 0 Å². The summed E-state index contributed by atoms with van der Waals surface area (Å²) >= 11 is 0. The van der Waals surface area contributed by atoms with E-state index in [0.717, 1.165) is 18.4 Å². The van der Waals surface area contributed by atoms with Crippen LogP contribution in [0.4, 0.5) is 10.1 Å². The fourth-order valence-electron chi connectivity index (χ4n) is 3.27. The van der Waals surface area contributed by atoms with Gasteiger partial charge in [-0.25, -0.2) is 4.39 Å². The molecule has 1 aliphatic rings. The lowest BCUT2D eigenvalue weighted by Crippen LogP contribution is -2.31. The minimum atomic E-state index is -0.508. The first kappa shape index (κ1) is 16.1. The van der Waals surface area contributed by atoms with Crippen molar-refractivity contribution in [1.82, 2.24) is 4.90 Å². The summed E-state index contributed by atoms with van der Waals surface area (Å²) in [6, 6.07) is 10.6. The Labute approximate surface area is 138 Å². The van der Waals surface area contributed by atoms with Gasteiger partial charge in [0.1, 0.15) is 11.4 Å². The van der Waals surface area contributed by atoms with Crippen molar-refractivity contribution in [3.05, 3.63) is 75.1 Å². The fourth-order valence-corrected chi connectivity index (χ4v) is 3.27. The number of hydrogen-bond acceptors (Lipinski definition) is 3. The van der Waals surface area contributed by atoms with Crippen molar-refractivity contribution in [1.29, 1.82) is 0 Å². The first-order valence-electron chi connectivity index (χ1n) is 7.79. The minimum absolute atomic E-state index is 0.106. The van der Waals surface area contributed by atoms with E-state index in [-0.39, 0.29) is 29.0 Å². The SMILES string of the molecule is Cc1cccc(C(=O)N2CCCC2c2ccc(F)cc2)c1[N+](=O)[O-]. The summed E-state index contributed by atoms with van der Waals surface area (Å²) in [5.41, 5.74) is 1.27. The molecule has 1 aliphatic heterocycles. The fraction of sp³-hybridized carbons (Fsp3) is 0.278. The summed E-state index contributed by atoms with van der Waals surface area (Å²) < 4.78 is 13.1. The molecule has 0 radical (unpaired) electrons. The first-order chi connectivity index (χ1) is 11.5. The van der Waals surface area contributed by atoms with E-state index in [1.807, 2.05) is 0 Å². The molecule has 0 aliphatic carbocycles. The summed E-state index contributed by atoms with van der Waals surface area (Å²) in [4.78, 5) is 25.4. The number of rotatable bonds is 3. The Morgan fingerprint density at radius 2 is 1.96 bits per heavy atom. The van der Waals surface area contributed by atoms with Crippen molar-refractivity contribution in [3.8, 4) is 0 Å². The summed E-state index contributed by atoms with van der Waals surface area (Å²) in [5.74, 6) is -0.679. The van der Waals surface area contributed by atoms with Crippen LogP contribution >= 0.6 is 0 Å². The molecule has 24 heavy (non-hydrogen) atoms. The minimum Gasteiger partial charge on any atom is -0.331 e. The monoisotopic (exact) mass is 328 g/mol. The molecule has 6 heteroatoms. The highest BCUT2D eigenvalue weighted by Gasteiger charge is 2.34. The van der Waals surface area contributed by atoms with Crippen LogP contribution in [0.2, 0.25) is 0 Å². The van der Waals surface area contributed by atoms with Gasteiger partial charge in [0.2, 0.25) is 0 Å². The summed E-state index contributed by atoms with van der Waals surface area (Å²) in [7, 11) is 0. The molecule has 0 spiro atoms. The smallest absolute Gasteiger partial charge is 0.285 e. The molecule has 0 N–H and O–H groups in total. The van der Waals surface area contributed by atoms with Crippen molar-refractivity contribution >= 4 is 11.6 Å². The van der Waals surface area contributed by atoms with E-state index in [0.29, 0.717) is 12.1 Å². The molecule has 0 saturated carbocycles. The lowest BCUT2D eigenvalue weighted by Gasteiger charge is -2.25. The van der Waals surface area contributed by atoms with Crippen molar-refractivity contribution in [2.24, 2.45) is 0 Å². The van der Waals surface area contributed by atoms with Crippen LogP contribution in [0.1, 0.15) is 40.4 Å². The van der Waals surface area contributed by atoms with Gasteiger partial charge < -0.3 is 4.90 Å². The van der Waals surface area contributed by atoms with E-state index < -0.39 is 4.92 Å². The largest absolute Gasteiger partial charge is 0.331 e. The first-order valence-corrected chi connectivity index (χ1v) is 7.79. The Kier molecular flexibility index (Phi) is 4.29. The quantitative estimate of drug-likeness (QED) is 0.631. The van der Waals surface area contributed by atoms with Crippen LogP contribution < -0.4 is 0 Å². The number of halogens is 1. The molecule has 1 saturated heterocycles. The molecule has 1 heterocycles. The topological polar surface area (TPSA) is 63.5 Å². The predicted octanol–water partition coefficient (Wildman–Crippen LogP) is 4.02. The maximum Gasteiger partial charge on any atom is 0.285 e. The molecule has 124 valence electrons. The second-order valence-electron chi connectivity index (χ2n) is 5.94. The Bertz CT molecular complexity index is 789. The van der Waals surface area contributed by atoms with Gasteiger partial charge in [-0.1, -0.05) is 24.3 Å². The maximum absolute atomic E-state index is 13.1. The molecular weight excluding hydrogens is 311 g/mol. The van der Waals surface area contributed by atoms with Gasteiger partial charge in [-0.05, 0) is 43.5 Å². The third kappa shape index (κ3) is 2.87. The average molecular weight is 328 g/mol. The van der Waals surface area contributed by atoms with E-state index >= 15 is 0 Å². The number of benzene rings is 2. The normalized spacial score (nSPS) is 17.1. The van der Waals surface area contributed by atoms with Crippen LogP contribution in [0.15, 0.2) is 42.5 Å². The van der Waals surface area contributed by atoms with Gasteiger partial charge in [-0.2, -0.15) is 0 Å². The Hall–Kier alpha value is -2.76. The number of para-hydroxylation sites is 1. The zero-order valence-electron chi connectivity index (χ0n) is 13.2. The van der Waals surface area contributed by atoms with Gasteiger partial charge in [-0.15, -0.1) is 0 Å². The van der Waals surface area contributed by atoms with Gasteiger partial charge in [0.05, 0.1) is 11.0 Å². The number of carbonyl (C=O) groups is 1. The third-order valence-corrected chi connectivity index (χ3v) is 4.42. The number of amides is 1. The van der Waals surface area contributed by atoms with E-state index in [9.17, 15) is 19.3 Å². The molecule has 0 aromatic heterocycles. The molecule has 2 aromatic rings. The van der Waals surface area contributed by atoms with E-state index in [2.05, 4.69) is 0 Å². The average Bonchev–Trinajstić information content (AvgIpc) is 3.03. The van der Waals surface area contributed by atoms with Crippen LogP contribution in [-0.4, -0.2) is 22.3 Å². The van der Waals surface area contributed by atoms with Crippen LogP contribution in [0, 0.1) is 22.9 Å². The lowest BCUT2D eigenvalue weighted by molar-refractivity contribution is -0.385. The number of hydrogen-bond donors (Lipinski definition) is 0. The van der Waals surface area contributed by atoms with Gasteiger partial charge in [-0.3, -0.25) is 14.9 Å². The zero-order chi connectivity index (χ0) is 17.3. The van der Waals surface area contributed by atoms with Crippen molar-refractivity contribution in [2.45, 2.75) is 25.8 Å². The number of likely N-dealkylation sites (tertiary alicyclic amines) is 1. The van der Waals surface area contributed by atoms with E-state index in [1.54, 1.807) is 36.1 Å². The standard InChI is InChI=1S/C18H17FN2O3/c1-12-4-2-5-15(17(12)21(23)24)18(22)20-11-3-6-16(20)13-7-9-14(19)10-8-13/h2,4-5,7-10,16H,3,6,11H2,1H3. The van der Waals surface area contributed by atoms with Crippen molar-refractivity contribution in [3.63, 3.8) is 0 Å². The highest BCUT2D eigenvalue weighted by molar-refractivity contribution is 5.99. The number of carbonyl (C=O) groups excluding carboxylic acids is 1. The summed E-state index contributed by atoms with van der Waals surface area (Å²) in [6.07, 6.45) is 1.57. The van der Waals surface area contributed by atoms with Gasteiger partial charge in [0.25, 0.3) is 11.6 Å². The third-order valence-electron chi connectivity index (χ3n) is 4.42. The van der Waals surface area contributed by atoms with Crippen LogP contribution in [-0.2, 0) is 0 Å². The Balaban J connectivity index is 1.96. The second-order valence-corrected chi connectivity index (χ2v) is 5.94. The van der Waals surface area contributed by atoms with E-state index in [1.165, 1.54) is 18.2 Å². The molecular formula is C18H17FN2O3. The molecule has 1 fully saturated rings. The molecule has 3 rings (SSSR count). The number of nitro groups is 1. The molecule has 1 unspecified atom stereocenters. The van der Waals surface area contributed by atoms with Gasteiger partial charge in [0, 0.05) is 12.1 Å². The Morgan fingerprint density at radius 1 is 1.25 bits per heavy atom. The lowest BCUT2D eigenvalue weighted by atomic mass is 10.0. The number of aryl methyl sites for hydroxylation is 1. The molecule has 5 nitrogen and oxygen atoms in total. The second kappa shape index (κ2) is 6.39. The number of nitro benzene ring substituents is 1. The van der Waals surface area contributed by atoms with Crippen molar-refractivity contribution < 1.29 is 14.1 Å². The summed E-state index contributed by atoms with van der Waals surface area (Å²) in [5, 5.41) is 11.3. The highest BCUT2D eigenvalue weighted by atomic mass is 19.1. The van der Waals surface area contributed by atoms with Gasteiger partial charge >= 0.3 is 0 Å². The zero-order valence-corrected chi connectivity index (χ0v) is 13.2. The highest BCUT2D eigenvalue weighted by Crippen LogP contribution is 2.35. The van der Waals surface area contributed by atoms with E-state index in [4.69, 9.17) is 0 Å². The summed E-state index contributed by atoms with van der Waals surface area (Å²) in [6.45, 7) is 2.16. The number of nitrogens with zero attached hydrogens (tertiary/aromatic N) is 2. The van der Waals surface area contributed by atoms with Gasteiger partial charge in [0.15, 0.2) is 0 Å². The Morgan fingerprint density at radius 3 is 2.62 bits per heavy atom.